The van der Waals surface area contributed by atoms with Gasteiger partial charge in [-0.05, 0) is 41.5 Å². The number of anilines is 4. The Labute approximate surface area is 190 Å². The van der Waals surface area contributed by atoms with E-state index < -0.39 is 51.8 Å². The van der Waals surface area contributed by atoms with Crippen molar-refractivity contribution in [3.8, 4) is 22.3 Å². The van der Waals surface area contributed by atoms with Crippen LogP contribution in [0, 0.1) is 34.9 Å². The Morgan fingerprint density at radius 2 is 0.971 bits per heavy atom. The van der Waals surface area contributed by atoms with Crippen LogP contribution < -0.4 is 22.9 Å². The number of benzene rings is 4. The minimum Gasteiger partial charge on any atom is -0.399 e. The topological polar surface area (TPSA) is 104 Å². The summed E-state index contributed by atoms with van der Waals surface area (Å²) in [4.78, 5) is 0. The molecule has 0 aromatic heterocycles. The first kappa shape index (κ1) is 24.3. The van der Waals surface area contributed by atoms with Crippen LogP contribution in [0.2, 0.25) is 0 Å². The Morgan fingerprint density at radius 1 is 0.471 bits per heavy atom. The van der Waals surface area contributed by atoms with Gasteiger partial charge in [0.15, 0.2) is 23.3 Å². The van der Waals surface area contributed by atoms with Crippen LogP contribution >= 0.6 is 0 Å². The molecule has 0 aliphatic carbocycles. The Hall–Kier alpha value is -4.34. The van der Waals surface area contributed by atoms with Gasteiger partial charge in [-0.15, -0.1) is 0 Å². The molecule has 4 rings (SSSR count). The Morgan fingerprint density at radius 3 is 1.50 bits per heavy atom. The Balaban J connectivity index is 0.000000191. The molecule has 0 unspecified atom stereocenters. The molecule has 0 atom stereocenters. The van der Waals surface area contributed by atoms with Gasteiger partial charge in [0, 0.05) is 23.0 Å². The van der Waals surface area contributed by atoms with Gasteiger partial charge in [0.2, 0.25) is 0 Å². The molecule has 0 fully saturated rings. The summed E-state index contributed by atoms with van der Waals surface area (Å²) in [5.41, 5.74) is 20.5. The minimum absolute atomic E-state index is 0.186. The van der Waals surface area contributed by atoms with Gasteiger partial charge in [-0.2, -0.15) is 0 Å². The predicted molar refractivity (Wildman–Crippen MR) is 121 cm³/mol. The summed E-state index contributed by atoms with van der Waals surface area (Å²) in [5.74, 6) is -7.00. The molecule has 0 aliphatic rings. The molecule has 4 aromatic rings. The lowest BCUT2D eigenvalue weighted by atomic mass is 10.0. The average Bonchev–Trinajstić information content (AvgIpc) is 2.81. The lowest BCUT2D eigenvalue weighted by Gasteiger charge is -2.08. The zero-order chi connectivity index (χ0) is 25.2. The van der Waals surface area contributed by atoms with Crippen molar-refractivity contribution in [1.29, 1.82) is 0 Å². The molecule has 0 amide bonds. The van der Waals surface area contributed by atoms with E-state index in [1.807, 2.05) is 0 Å². The van der Waals surface area contributed by atoms with E-state index >= 15 is 0 Å². The van der Waals surface area contributed by atoms with Crippen LogP contribution in [0.4, 0.5) is 49.1 Å². The summed E-state index contributed by atoms with van der Waals surface area (Å²) in [6, 6.07) is 13.4. The van der Waals surface area contributed by atoms with E-state index in [0.29, 0.717) is 16.9 Å². The van der Waals surface area contributed by atoms with Crippen molar-refractivity contribution < 1.29 is 26.3 Å². The minimum atomic E-state index is -1.38. The number of rotatable bonds is 2. The highest BCUT2D eigenvalue weighted by Crippen LogP contribution is 2.31. The van der Waals surface area contributed by atoms with Crippen LogP contribution in [0.3, 0.4) is 0 Å². The fourth-order valence-electron chi connectivity index (χ4n) is 3.01. The second-order valence-corrected chi connectivity index (χ2v) is 7.14. The normalized spacial score (nSPS) is 10.5. The van der Waals surface area contributed by atoms with E-state index in [-0.39, 0.29) is 11.1 Å². The Kier molecular flexibility index (Phi) is 6.90. The van der Waals surface area contributed by atoms with E-state index in [4.69, 9.17) is 22.9 Å². The summed E-state index contributed by atoms with van der Waals surface area (Å²) >= 11 is 0. The van der Waals surface area contributed by atoms with Gasteiger partial charge in [-0.25, -0.2) is 26.3 Å². The summed E-state index contributed by atoms with van der Waals surface area (Å²) in [6.45, 7) is 0. The molecule has 4 aromatic carbocycles. The van der Waals surface area contributed by atoms with Gasteiger partial charge in [-0.1, -0.05) is 24.3 Å². The summed E-state index contributed by atoms with van der Waals surface area (Å²) < 4.78 is 80.4. The lowest BCUT2D eigenvalue weighted by molar-refractivity contribution is 0.502. The second kappa shape index (κ2) is 9.65. The smallest absolute Gasteiger partial charge is 0.185 e. The van der Waals surface area contributed by atoms with Gasteiger partial charge in [0.1, 0.15) is 17.3 Å². The fourth-order valence-corrected chi connectivity index (χ4v) is 3.01. The van der Waals surface area contributed by atoms with Crippen LogP contribution in [0.5, 0.6) is 0 Å². The number of hydrogen-bond donors (Lipinski definition) is 4. The third kappa shape index (κ3) is 4.85. The van der Waals surface area contributed by atoms with Gasteiger partial charge in [-0.3, -0.25) is 0 Å². The summed E-state index contributed by atoms with van der Waals surface area (Å²) in [6.07, 6.45) is 0. The first-order valence-electron chi connectivity index (χ1n) is 9.59. The van der Waals surface area contributed by atoms with Crippen LogP contribution in [0.15, 0.2) is 60.7 Å². The highest BCUT2D eigenvalue weighted by atomic mass is 19.2. The molecule has 0 heterocycles. The van der Waals surface area contributed by atoms with Crippen molar-refractivity contribution in [3.05, 3.63) is 95.6 Å². The van der Waals surface area contributed by atoms with E-state index in [1.54, 1.807) is 0 Å². The van der Waals surface area contributed by atoms with Crippen molar-refractivity contribution in [2.75, 3.05) is 22.9 Å². The zero-order valence-electron chi connectivity index (χ0n) is 17.4. The first-order chi connectivity index (χ1) is 16.0. The first-order valence-corrected chi connectivity index (χ1v) is 9.59. The SMILES string of the molecule is Nc1ccc(-c2c(F)cc(N)c(F)c2F)cc1.Nc1ccc(-c2cc(F)c(N)c(F)c2F)cc1. The predicted octanol–water partition coefficient (Wildman–Crippen LogP) is 5.87. The van der Waals surface area contributed by atoms with E-state index in [9.17, 15) is 26.3 Å². The zero-order valence-corrected chi connectivity index (χ0v) is 17.4. The molecule has 0 saturated carbocycles. The monoisotopic (exact) mass is 476 g/mol. The second-order valence-electron chi connectivity index (χ2n) is 7.14. The van der Waals surface area contributed by atoms with Crippen molar-refractivity contribution in [2.45, 2.75) is 0 Å². The summed E-state index contributed by atoms with van der Waals surface area (Å²) in [7, 11) is 0. The maximum absolute atomic E-state index is 13.6. The van der Waals surface area contributed by atoms with Crippen molar-refractivity contribution >= 4 is 22.7 Å². The van der Waals surface area contributed by atoms with Gasteiger partial charge < -0.3 is 22.9 Å². The third-order valence-electron chi connectivity index (χ3n) is 4.80. The van der Waals surface area contributed by atoms with Crippen LogP contribution in [0.25, 0.3) is 22.3 Å². The molecule has 4 nitrogen and oxygen atoms in total. The highest BCUT2D eigenvalue weighted by Gasteiger charge is 2.19. The van der Waals surface area contributed by atoms with E-state index in [1.165, 1.54) is 48.5 Å². The van der Waals surface area contributed by atoms with E-state index in [2.05, 4.69) is 0 Å². The molecular formula is C24H18F6N4. The number of halogens is 6. The molecule has 0 spiro atoms. The quantitative estimate of drug-likeness (QED) is 0.165. The molecule has 0 aliphatic heterocycles. The number of hydrogen-bond acceptors (Lipinski definition) is 4. The number of nitrogen functional groups attached to an aromatic ring is 4. The molecule has 8 N–H and O–H groups in total. The van der Waals surface area contributed by atoms with Gasteiger partial charge in [0.05, 0.1) is 11.3 Å². The molecular weight excluding hydrogens is 458 g/mol. The average molecular weight is 476 g/mol. The molecule has 176 valence electrons. The van der Waals surface area contributed by atoms with Crippen LogP contribution in [0.1, 0.15) is 0 Å². The van der Waals surface area contributed by atoms with Gasteiger partial charge in [0.25, 0.3) is 0 Å². The lowest BCUT2D eigenvalue weighted by Crippen LogP contribution is -2.01. The standard InChI is InChI=1S/2C12H9F3N2/c13-8-5-9(17)11(14)12(15)10(8)6-1-3-7(16)4-2-6;13-9-5-8(10(14)11(15)12(9)17)6-1-3-7(16)4-2-6/h2*1-5H,16-17H2. The van der Waals surface area contributed by atoms with Crippen molar-refractivity contribution in [3.63, 3.8) is 0 Å². The third-order valence-corrected chi connectivity index (χ3v) is 4.80. The maximum Gasteiger partial charge on any atom is 0.185 e. The molecule has 34 heavy (non-hydrogen) atoms. The highest BCUT2D eigenvalue weighted by molar-refractivity contribution is 5.70. The summed E-state index contributed by atoms with van der Waals surface area (Å²) in [5, 5.41) is 0. The largest absolute Gasteiger partial charge is 0.399 e. The van der Waals surface area contributed by atoms with Crippen molar-refractivity contribution in [1.82, 2.24) is 0 Å². The van der Waals surface area contributed by atoms with Crippen molar-refractivity contribution in [2.24, 2.45) is 0 Å². The number of nitrogens with two attached hydrogens (primary N) is 4. The van der Waals surface area contributed by atoms with Crippen LogP contribution in [-0.2, 0) is 0 Å². The maximum atomic E-state index is 13.6. The van der Waals surface area contributed by atoms with E-state index in [0.717, 1.165) is 12.1 Å². The van der Waals surface area contributed by atoms with Gasteiger partial charge >= 0.3 is 0 Å². The molecule has 0 bridgehead atoms. The molecule has 10 heteroatoms. The van der Waals surface area contributed by atoms with Crippen LogP contribution in [-0.4, -0.2) is 0 Å². The molecule has 0 saturated heterocycles. The Bertz CT molecular complexity index is 1340. The molecule has 0 radical (unpaired) electrons. The fraction of sp³-hybridized carbons (Fsp3) is 0.